The van der Waals surface area contributed by atoms with Crippen molar-refractivity contribution in [2.45, 2.75) is 23.0 Å². The Morgan fingerprint density at radius 3 is 2.76 bits per heavy atom. The highest BCUT2D eigenvalue weighted by molar-refractivity contribution is 7.95. The van der Waals surface area contributed by atoms with Crippen LogP contribution in [-0.2, 0) is 10.0 Å². The van der Waals surface area contributed by atoms with Crippen molar-refractivity contribution in [3.8, 4) is 0 Å². The summed E-state index contributed by atoms with van der Waals surface area (Å²) in [6, 6.07) is 0.949. The van der Waals surface area contributed by atoms with Crippen molar-refractivity contribution < 1.29 is 13.3 Å². The summed E-state index contributed by atoms with van der Waals surface area (Å²) in [6.07, 6.45) is 2.14. The highest BCUT2D eigenvalue weighted by atomic mass is 35.5. The summed E-state index contributed by atoms with van der Waals surface area (Å²) in [7, 11) is -3.91. The van der Waals surface area contributed by atoms with Gasteiger partial charge in [-0.3, -0.25) is 14.8 Å². The standard InChI is InChI=1S/C10H8ClN3O4S3/c11-9-7(14(15)16)3-8(20-9)21(17,18)13-10-12-6(4-19-10)5-1-2-5/h3-5H,1-2H2,(H,12,13). The molecule has 21 heavy (non-hydrogen) atoms. The Bertz CT molecular complexity index is 809. The first-order valence-corrected chi connectivity index (χ1v) is 9.34. The molecule has 1 saturated carbocycles. The molecule has 7 nitrogen and oxygen atoms in total. The van der Waals surface area contributed by atoms with Gasteiger partial charge in [-0.15, -0.1) is 22.7 Å². The Labute approximate surface area is 132 Å². The van der Waals surface area contributed by atoms with Gasteiger partial charge >= 0.3 is 0 Å². The van der Waals surface area contributed by atoms with Crippen LogP contribution in [0.4, 0.5) is 10.8 Å². The van der Waals surface area contributed by atoms with E-state index in [2.05, 4.69) is 9.71 Å². The number of aromatic nitrogens is 1. The minimum atomic E-state index is -3.91. The van der Waals surface area contributed by atoms with Gasteiger partial charge in [0.1, 0.15) is 4.21 Å². The molecule has 0 atom stereocenters. The maximum atomic E-state index is 12.2. The molecule has 0 spiro atoms. The minimum absolute atomic E-state index is 0.168. The summed E-state index contributed by atoms with van der Waals surface area (Å²) in [6.45, 7) is 0. The van der Waals surface area contributed by atoms with E-state index in [4.69, 9.17) is 11.6 Å². The SMILES string of the molecule is O=[N+]([O-])c1cc(S(=O)(=O)Nc2nc(C3CC3)cs2)sc1Cl. The number of hydrogen-bond donors (Lipinski definition) is 1. The molecule has 2 aromatic rings. The third-order valence-corrected chi connectivity index (χ3v) is 6.90. The van der Waals surface area contributed by atoms with E-state index in [0.29, 0.717) is 17.3 Å². The molecule has 2 aromatic heterocycles. The molecule has 0 unspecified atom stereocenters. The fourth-order valence-corrected chi connectivity index (χ4v) is 5.37. The van der Waals surface area contributed by atoms with Crippen molar-refractivity contribution >= 4 is 55.1 Å². The van der Waals surface area contributed by atoms with Gasteiger partial charge in [-0.05, 0) is 12.8 Å². The Kier molecular flexibility index (Phi) is 3.64. The van der Waals surface area contributed by atoms with E-state index >= 15 is 0 Å². The van der Waals surface area contributed by atoms with Gasteiger partial charge in [0.15, 0.2) is 9.47 Å². The van der Waals surface area contributed by atoms with Crippen molar-refractivity contribution in [3.05, 3.63) is 31.6 Å². The molecule has 112 valence electrons. The average molecular weight is 366 g/mol. The predicted molar refractivity (Wildman–Crippen MR) is 80.9 cm³/mol. The maximum absolute atomic E-state index is 12.2. The summed E-state index contributed by atoms with van der Waals surface area (Å²) in [4.78, 5) is 14.2. The third kappa shape index (κ3) is 3.03. The van der Waals surface area contributed by atoms with E-state index in [9.17, 15) is 18.5 Å². The zero-order valence-corrected chi connectivity index (χ0v) is 13.5. The van der Waals surface area contributed by atoms with Crippen LogP contribution in [0.25, 0.3) is 0 Å². The maximum Gasteiger partial charge on any atom is 0.300 e. The molecular formula is C10H8ClN3O4S3. The molecule has 0 aromatic carbocycles. The molecule has 1 aliphatic carbocycles. The normalized spacial score (nSPS) is 15.1. The molecule has 1 fully saturated rings. The molecule has 0 saturated heterocycles. The number of halogens is 1. The van der Waals surface area contributed by atoms with Crippen LogP contribution in [-0.4, -0.2) is 18.3 Å². The van der Waals surface area contributed by atoms with E-state index in [1.165, 1.54) is 11.3 Å². The Morgan fingerprint density at radius 2 is 2.19 bits per heavy atom. The van der Waals surface area contributed by atoms with Gasteiger partial charge in [-0.1, -0.05) is 11.6 Å². The lowest BCUT2D eigenvalue weighted by molar-refractivity contribution is -0.384. The van der Waals surface area contributed by atoms with Crippen LogP contribution in [0.1, 0.15) is 24.5 Å². The number of rotatable bonds is 5. The van der Waals surface area contributed by atoms with E-state index in [1.54, 1.807) is 0 Å². The van der Waals surface area contributed by atoms with Crippen LogP contribution in [0.5, 0.6) is 0 Å². The first-order chi connectivity index (χ1) is 9.87. The van der Waals surface area contributed by atoms with Crippen molar-refractivity contribution in [3.63, 3.8) is 0 Å². The number of hydrogen-bond acceptors (Lipinski definition) is 7. The van der Waals surface area contributed by atoms with E-state index in [1.807, 2.05) is 5.38 Å². The second kappa shape index (κ2) is 5.20. The summed E-state index contributed by atoms with van der Waals surface area (Å²) >= 11 is 7.51. The fourth-order valence-electron chi connectivity index (χ4n) is 1.66. The monoisotopic (exact) mass is 365 g/mol. The lowest BCUT2D eigenvalue weighted by Gasteiger charge is -2.01. The smallest absolute Gasteiger partial charge is 0.258 e. The molecule has 3 rings (SSSR count). The molecule has 1 N–H and O–H groups in total. The molecular weight excluding hydrogens is 358 g/mol. The van der Waals surface area contributed by atoms with Gasteiger partial charge in [-0.2, -0.15) is 0 Å². The highest BCUT2D eigenvalue weighted by Gasteiger charge is 2.28. The van der Waals surface area contributed by atoms with Crippen LogP contribution in [0, 0.1) is 10.1 Å². The number of nitro groups is 1. The van der Waals surface area contributed by atoms with Crippen molar-refractivity contribution in [2.24, 2.45) is 0 Å². The molecule has 2 heterocycles. The predicted octanol–water partition coefficient (Wildman–Crippen LogP) is 3.44. The van der Waals surface area contributed by atoms with Gasteiger partial charge in [0.2, 0.25) is 0 Å². The van der Waals surface area contributed by atoms with E-state index in [-0.39, 0.29) is 13.7 Å². The van der Waals surface area contributed by atoms with Crippen molar-refractivity contribution in [2.75, 3.05) is 4.72 Å². The number of thiophene rings is 1. The highest BCUT2D eigenvalue weighted by Crippen LogP contribution is 2.41. The lowest BCUT2D eigenvalue weighted by atomic mass is 10.3. The first kappa shape index (κ1) is 14.7. The molecule has 0 radical (unpaired) electrons. The minimum Gasteiger partial charge on any atom is -0.258 e. The van der Waals surface area contributed by atoms with E-state index < -0.39 is 20.6 Å². The quantitative estimate of drug-likeness (QED) is 0.645. The zero-order chi connectivity index (χ0) is 15.2. The number of anilines is 1. The van der Waals surface area contributed by atoms with Crippen molar-refractivity contribution in [1.82, 2.24) is 4.98 Å². The van der Waals surface area contributed by atoms with Crippen LogP contribution in [0.2, 0.25) is 4.34 Å². The van der Waals surface area contributed by atoms with Gasteiger partial charge < -0.3 is 0 Å². The van der Waals surface area contributed by atoms with Gasteiger partial charge in [0, 0.05) is 17.4 Å². The van der Waals surface area contributed by atoms with Gasteiger partial charge in [0.05, 0.1) is 10.6 Å². The van der Waals surface area contributed by atoms with Gasteiger partial charge in [0.25, 0.3) is 15.7 Å². The Hall–Kier alpha value is -1.23. The topological polar surface area (TPSA) is 102 Å². The van der Waals surface area contributed by atoms with Crippen LogP contribution in [0.3, 0.4) is 0 Å². The summed E-state index contributed by atoms with van der Waals surface area (Å²) in [5.41, 5.74) is 0.466. The molecule has 0 amide bonds. The Balaban J connectivity index is 1.85. The second-order valence-corrected chi connectivity index (χ2v) is 8.86. The molecule has 0 bridgehead atoms. The number of nitrogens with zero attached hydrogens (tertiary/aromatic N) is 2. The van der Waals surface area contributed by atoms with Crippen molar-refractivity contribution in [1.29, 1.82) is 0 Å². The third-order valence-electron chi connectivity index (χ3n) is 2.85. The van der Waals surface area contributed by atoms with Gasteiger partial charge in [-0.25, -0.2) is 13.4 Å². The van der Waals surface area contributed by atoms with E-state index in [0.717, 1.165) is 24.6 Å². The van der Waals surface area contributed by atoms with Crippen LogP contribution < -0.4 is 4.72 Å². The summed E-state index contributed by atoms with van der Waals surface area (Å²) in [5.74, 6) is 0.428. The largest absolute Gasteiger partial charge is 0.300 e. The first-order valence-electron chi connectivity index (χ1n) is 5.79. The van der Waals surface area contributed by atoms with Crippen LogP contribution in [0.15, 0.2) is 15.7 Å². The number of thiazole rings is 1. The number of sulfonamides is 1. The number of nitrogens with one attached hydrogen (secondary N) is 1. The molecule has 11 heteroatoms. The fraction of sp³-hybridized carbons (Fsp3) is 0.300. The molecule has 1 aliphatic rings. The average Bonchev–Trinajstić information content (AvgIpc) is 3.01. The molecule has 0 aliphatic heterocycles. The summed E-state index contributed by atoms with van der Waals surface area (Å²) < 4.78 is 26.3. The Morgan fingerprint density at radius 1 is 1.48 bits per heavy atom. The lowest BCUT2D eigenvalue weighted by Crippen LogP contribution is -2.11. The second-order valence-electron chi connectivity index (χ2n) is 4.44. The zero-order valence-electron chi connectivity index (χ0n) is 10.3. The summed E-state index contributed by atoms with van der Waals surface area (Å²) in [5, 5.41) is 12.8. The van der Waals surface area contributed by atoms with Crippen LogP contribution >= 0.6 is 34.3 Å².